The van der Waals surface area contributed by atoms with E-state index in [2.05, 4.69) is 23.8 Å². The number of hydrogen-bond acceptors (Lipinski definition) is 4. The van der Waals surface area contributed by atoms with Crippen LogP contribution in [-0.4, -0.2) is 50.1 Å². The molecule has 2 unspecified atom stereocenters. The second-order valence-electron chi connectivity index (χ2n) is 9.94. The molecule has 0 aliphatic carbocycles. The minimum atomic E-state index is -0.771. The van der Waals surface area contributed by atoms with Gasteiger partial charge in [-0.1, -0.05) is 61.3 Å². The van der Waals surface area contributed by atoms with E-state index in [0.29, 0.717) is 16.0 Å². The SMILES string of the molecule is CCC(O)(CC)C1CCN(CCC(c2ccc(Cl)c(Cl)c2)C(O)c2ccnn2-c2ccccc2)CC1. The normalized spacial score (nSPS) is 17.3. The van der Waals surface area contributed by atoms with E-state index in [1.807, 2.05) is 48.5 Å². The fourth-order valence-electron chi connectivity index (χ4n) is 5.62. The van der Waals surface area contributed by atoms with Crippen LogP contribution in [0.5, 0.6) is 0 Å². The minimum Gasteiger partial charge on any atom is -0.390 e. The molecule has 1 aromatic heterocycles. The molecule has 3 aromatic rings. The number of piperidine rings is 1. The number of benzene rings is 2. The van der Waals surface area contributed by atoms with Gasteiger partial charge in [-0.3, -0.25) is 0 Å². The van der Waals surface area contributed by atoms with Crippen LogP contribution in [0.1, 0.15) is 69.2 Å². The molecule has 0 amide bonds. The van der Waals surface area contributed by atoms with E-state index in [0.717, 1.165) is 68.7 Å². The van der Waals surface area contributed by atoms with Crippen LogP contribution in [0.3, 0.4) is 0 Å². The number of likely N-dealkylation sites (tertiary alicyclic amines) is 1. The maximum Gasteiger partial charge on any atom is 0.103 e. The molecule has 1 fully saturated rings. The topological polar surface area (TPSA) is 61.5 Å². The molecule has 0 spiro atoms. The molecule has 2 heterocycles. The number of aliphatic hydroxyl groups excluding tert-OH is 1. The fraction of sp³-hybridized carbons (Fsp3) is 0.483. The first-order chi connectivity index (χ1) is 17.4. The lowest BCUT2D eigenvalue weighted by Crippen LogP contribution is -2.45. The van der Waals surface area contributed by atoms with Gasteiger partial charge in [0, 0.05) is 12.1 Å². The highest BCUT2D eigenvalue weighted by molar-refractivity contribution is 6.42. The summed E-state index contributed by atoms with van der Waals surface area (Å²) >= 11 is 12.6. The highest BCUT2D eigenvalue weighted by Gasteiger charge is 2.36. The summed E-state index contributed by atoms with van der Waals surface area (Å²) in [7, 11) is 0. The van der Waals surface area contributed by atoms with E-state index < -0.39 is 11.7 Å². The molecule has 2 N–H and O–H groups in total. The largest absolute Gasteiger partial charge is 0.390 e. The zero-order valence-corrected chi connectivity index (χ0v) is 22.7. The second-order valence-corrected chi connectivity index (χ2v) is 10.8. The third-order valence-electron chi connectivity index (χ3n) is 8.06. The average molecular weight is 531 g/mol. The Labute approximate surface area is 224 Å². The van der Waals surface area contributed by atoms with Gasteiger partial charge in [0.15, 0.2) is 0 Å². The van der Waals surface area contributed by atoms with Crippen molar-refractivity contribution in [1.29, 1.82) is 0 Å². The molecule has 5 nitrogen and oxygen atoms in total. The molecule has 7 heteroatoms. The van der Waals surface area contributed by atoms with Crippen molar-refractivity contribution in [2.75, 3.05) is 19.6 Å². The van der Waals surface area contributed by atoms with Gasteiger partial charge in [-0.25, -0.2) is 4.68 Å². The molecule has 2 atom stereocenters. The van der Waals surface area contributed by atoms with Crippen LogP contribution >= 0.6 is 23.2 Å². The van der Waals surface area contributed by atoms with Gasteiger partial charge in [-0.05, 0) is 93.6 Å². The predicted molar refractivity (Wildman–Crippen MR) is 147 cm³/mol. The van der Waals surface area contributed by atoms with Crippen molar-refractivity contribution in [2.24, 2.45) is 5.92 Å². The molecule has 1 aliphatic rings. The quantitative estimate of drug-likeness (QED) is 0.308. The maximum absolute atomic E-state index is 11.7. The highest BCUT2D eigenvalue weighted by atomic mass is 35.5. The van der Waals surface area contributed by atoms with Gasteiger partial charge in [-0.2, -0.15) is 5.10 Å². The van der Waals surface area contributed by atoms with Gasteiger partial charge >= 0.3 is 0 Å². The van der Waals surface area contributed by atoms with Crippen LogP contribution in [0, 0.1) is 5.92 Å². The van der Waals surface area contributed by atoms with Crippen molar-refractivity contribution >= 4 is 23.2 Å². The summed E-state index contributed by atoms with van der Waals surface area (Å²) in [6.45, 7) is 6.93. The minimum absolute atomic E-state index is 0.181. The molecule has 0 bridgehead atoms. The lowest BCUT2D eigenvalue weighted by molar-refractivity contribution is -0.0493. The summed E-state index contributed by atoms with van der Waals surface area (Å²) in [5, 5.41) is 28.1. The first kappa shape index (κ1) is 27.2. The Kier molecular flexibility index (Phi) is 9.13. The van der Waals surface area contributed by atoms with Crippen LogP contribution in [0.15, 0.2) is 60.8 Å². The van der Waals surface area contributed by atoms with E-state index >= 15 is 0 Å². The summed E-state index contributed by atoms with van der Waals surface area (Å²) in [6.07, 6.45) is 5.31. The third-order valence-corrected chi connectivity index (χ3v) is 8.80. The van der Waals surface area contributed by atoms with Gasteiger partial charge in [0.1, 0.15) is 6.10 Å². The summed E-state index contributed by atoms with van der Waals surface area (Å²) in [5.74, 6) is 0.167. The molecule has 2 aromatic carbocycles. The third kappa shape index (κ3) is 5.98. The van der Waals surface area contributed by atoms with Crippen molar-refractivity contribution in [3.8, 4) is 5.69 Å². The summed E-state index contributed by atoms with van der Waals surface area (Å²) < 4.78 is 1.80. The summed E-state index contributed by atoms with van der Waals surface area (Å²) in [5.41, 5.74) is 2.05. The van der Waals surface area contributed by atoms with Gasteiger partial charge < -0.3 is 15.1 Å². The Morgan fingerprint density at radius 2 is 1.69 bits per heavy atom. The molecule has 0 saturated carbocycles. The zero-order valence-electron chi connectivity index (χ0n) is 21.2. The summed E-state index contributed by atoms with van der Waals surface area (Å²) in [6, 6.07) is 17.4. The molecular formula is C29H37Cl2N3O2. The van der Waals surface area contributed by atoms with Gasteiger partial charge in [0.25, 0.3) is 0 Å². The molecular weight excluding hydrogens is 493 g/mol. The van der Waals surface area contributed by atoms with Crippen molar-refractivity contribution < 1.29 is 10.2 Å². The van der Waals surface area contributed by atoms with Crippen LogP contribution in [-0.2, 0) is 0 Å². The first-order valence-electron chi connectivity index (χ1n) is 13.0. The number of hydrogen-bond donors (Lipinski definition) is 2. The monoisotopic (exact) mass is 529 g/mol. The number of halogens is 2. The van der Waals surface area contributed by atoms with Crippen LogP contribution in [0.2, 0.25) is 10.0 Å². The van der Waals surface area contributed by atoms with Crippen molar-refractivity contribution in [2.45, 2.75) is 63.6 Å². The second kappa shape index (κ2) is 12.1. The number of para-hydroxylation sites is 1. The Morgan fingerprint density at radius 1 is 1.00 bits per heavy atom. The van der Waals surface area contributed by atoms with E-state index in [-0.39, 0.29) is 5.92 Å². The zero-order chi connectivity index (χ0) is 25.7. The summed E-state index contributed by atoms with van der Waals surface area (Å²) in [4.78, 5) is 2.45. The molecule has 1 aliphatic heterocycles. The number of nitrogens with zero attached hydrogens (tertiary/aromatic N) is 3. The standard InChI is InChI=1S/C29H37Cl2N3O2/c1-3-29(36,4-2)22-13-17-33(18-14-22)19-15-24(21-10-11-25(30)26(31)20-21)28(35)27-12-16-32-34(27)23-8-6-5-7-9-23/h5-12,16,20,22,24,28,35-36H,3-4,13-15,17-19H2,1-2H3. The van der Waals surface area contributed by atoms with Crippen LogP contribution < -0.4 is 0 Å². The molecule has 36 heavy (non-hydrogen) atoms. The Morgan fingerprint density at radius 3 is 2.33 bits per heavy atom. The van der Waals surface area contributed by atoms with Gasteiger partial charge in [0.2, 0.25) is 0 Å². The average Bonchev–Trinajstić information content (AvgIpc) is 3.41. The fourth-order valence-corrected chi connectivity index (χ4v) is 5.93. The number of aromatic nitrogens is 2. The smallest absolute Gasteiger partial charge is 0.103 e. The lowest BCUT2D eigenvalue weighted by Gasteiger charge is -2.41. The van der Waals surface area contributed by atoms with E-state index in [1.54, 1.807) is 16.9 Å². The van der Waals surface area contributed by atoms with E-state index in [9.17, 15) is 10.2 Å². The maximum atomic E-state index is 11.7. The van der Waals surface area contributed by atoms with Crippen LogP contribution in [0.25, 0.3) is 5.69 Å². The predicted octanol–water partition coefficient (Wildman–Crippen LogP) is 6.65. The lowest BCUT2D eigenvalue weighted by atomic mass is 9.77. The highest BCUT2D eigenvalue weighted by Crippen LogP contribution is 2.38. The van der Waals surface area contributed by atoms with E-state index in [1.165, 1.54) is 0 Å². The van der Waals surface area contributed by atoms with Crippen molar-refractivity contribution in [3.63, 3.8) is 0 Å². The van der Waals surface area contributed by atoms with Gasteiger partial charge in [-0.15, -0.1) is 0 Å². The van der Waals surface area contributed by atoms with E-state index in [4.69, 9.17) is 23.2 Å². The number of aliphatic hydroxyl groups is 2. The number of rotatable bonds is 10. The molecule has 4 rings (SSSR count). The van der Waals surface area contributed by atoms with Crippen LogP contribution in [0.4, 0.5) is 0 Å². The Hall–Kier alpha value is -1.89. The Bertz CT molecular complexity index is 1110. The first-order valence-corrected chi connectivity index (χ1v) is 13.8. The van der Waals surface area contributed by atoms with Gasteiger partial charge in [0.05, 0.1) is 27.0 Å². The molecule has 1 saturated heterocycles. The molecule has 194 valence electrons. The molecule has 0 radical (unpaired) electrons. The van der Waals surface area contributed by atoms with Crippen molar-refractivity contribution in [3.05, 3.63) is 82.1 Å². The van der Waals surface area contributed by atoms with Crippen molar-refractivity contribution in [1.82, 2.24) is 14.7 Å². The Balaban J connectivity index is 1.52.